The van der Waals surface area contributed by atoms with E-state index >= 15 is 0 Å². The lowest BCUT2D eigenvalue weighted by Crippen LogP contribution is -2.55. The Morgan fingerprint density at radius 3 is 2.18 bits per heavy atom. The molecule has 1 heterocycles. The average Bonchev–Trinajstić information content (AvgIpc) is 3.55. The number of alkyl carbamates (subject to hydrolysis) is 1. The van der Waals surface area contributed by atoms with E-state index in [-0.39, 0.29) is 24.0 Å². The molecule has 1 aliphatic heterocycles. The second-order valence-electron chi connectivity index (χ2n) is 9.65. The number of nitrogens with one attached hydrogen (secondary N) is 1. The number of fused-ring (bicyclic) bond motifs is 3. The summed E-state index contributed by atoms with van der Waals surface area (Å²) >= 11 is 0. The molecule has 3 aliphatic rings. The van der Waals surface area contributed by atoms with Crippen molar-refractivity contribution in [3.05, 3.63) is 59.7 Å². The molecule has 1 unspecified atom stereocenters. The lowest BCUT2D eigenvalue weighted by molar-refractivity contribution is -0.144. The van der Waals surface area contributed by atoms with Crippen LogP contribution in [0.4, 0.5) is 4.79 Å². The van der Waals surface area contributed by atoms with Crippen LogP contribution in [0, 0.1) is 0 Å². The summed E-state index contributed by atoms with van der Waals surface area (Å²) in [6.45, 7) is 0.725. The summed E-state index contributed by atoms with van der Waals surface area (Å²) in [7, 11) is 0. The zero-order valence-electron chi connectivity index (χ0n) is 19.2. The van der Waals surface area contributed by atoms with Crippen LogP contribution in [0.1, 0.15) is 62.0 Å². The van der Waals surface area contributed by atoms with Crippen LogP contribution in [0.15, 0.2) is 48.5 Å². The van der Waals surface area contributed by atoms with Crippen molar-refractivity contribution in [3.8, 4) is 11.1 Å². The highest BCUT2D eigenvalue weighted by atomic mass is 16.5. The Bertz CT molecular complexity index is 1060. The molecule has 1 saturated heterocycles. The van der Waals surface area contributed by atoms with Gasteiger partial charge in [0.1, 0.15) is 12.6 Å². The maximum Gasteiger partial charge on any atom is 0.407 e. The zero-order valence-corrected chi connectivity index (χ0v) is 19.2. The molecule has 7 nitrogen and oxygen atoms in total. The Kier molecular flexibility index (Phi) is 6.02. The normalized spacial score (nSPS) is 19.0. The highest BCUT2D eigenvalue weighted by molar-refractivity contribution is 5.90. The Hall–Kier alpha value is -3.35. The van der Waals surface area contributed by atoms with Gasteiger partial charge in [0.05, 0.1) is 6.42 Å². The van der Waals surface area contributed by atoms with Crippen LogP contribution in [0.3, 0.4) is 0 Å². The van der Waals surface area contributed by atoms with Crippen molar-refractivity contribution in [1.82, 2.24) is 10.2 Å². The van der Waals surface area contributed by atoms with E-state index in [0.717, 1.165) is 60.8 Å². The van der Waals surface area contributed by atoms with Crippen molar-refractivity contribution >= 4 is 18.0 Å². The number of nitrogens with zero attached hydrogens (tertiary/aromatic N) is 1. The lowest BCUT2D eigenvalue weighted by atomic mass is 9.93. The predicted octanol–water partition coefficient (Wildman–Crippen LogP) is 4.30. The lowest BCUT2D eigenvalue weighted by Gasteiger charge is -2.37. The molecule has 1 saturated carbocycles. The fourth-order valence-electron chi connectivity index (χ4n) is 6.18. The van der Waals surface area contributed by atoms with Crippen LogP contribution in [0.25, 0.3) is 11.1 Å². The number of aliphatic carboxylic acids is 1. The van der Waals surface area contributed by atoms with Crippen molar-refractivity contribution in [2.24, 2.45) is 0 Å². The van der Waals surface area contributed by atoms with Crippen LogP contribution in [0.2, 0.25) is 0 Å². The maximum atomic E-state index is 13.4. The van der Waals surface area contributed by atoms with Gasteiger partial charge in [0.15, 0.2) is 0 Å². The minimum atomic E-state index is -1.14. The molecule has 2 amide bonds. The molecular weight excluding hydrogens is 432 g/mol. The van der Waals surface area contributed by atoms with Gasteiger partial charge in [-0.2, -0.15) is 0 Å². The number of hydrogen-bond acceptors (Lipinski definition) is 4. The molecule has 2 aromatic carbocycles. The fourth-order valence-corrected chi connectivity index (χ4v) is 6.18. The number of carbonyl (C=O) groups is 3. The van der Waals surface area contributed by atoms with E-state index in [0.29, 0.717) is 6.54 Å². The average molecular weight is 463 g/mol. The maximum absolute atomic E-state index is 13.4. The van der Waals surface area contributed by atoms with E-state index in [2.05, 4.69) is 17.4 Å². The quantitative estimate of drug-likeness (QED) is 0.667. The van der Waals surface area contributed by atoms with Crippen molar-refractivity contribution in [3.63, 3.8) is 0 Å². The largest absolute Gasteiger partial charge is 0.481 e. The zero-order chi connectivity index (χ0) is 23.7. The topological polar surface area (TPSA) is 95.9 Å². The van der Waals surface area contributed by atoms with Crippen LogP contribution in [0.5, 0.6) is 0 Å². The van der Waals surface area contributed by atoms with Gasteiger partial charge in [-0.05, 0) is 47.9 Å². The highest BCUT2D eigenvalue weighted by Crippen LogP contribution is 2.45. The molecular formula is C27H30N2O5. The standard InChI is InChI=1S/C27H30N2O5/c30-24(31)16-23(25(32)29-15-7-14-27(29)12-5-6-13-27)28-26(33)34-17-22-20-10-3-1-8-18(20)19-9-2-4-11-21(19)22/h1-4,8-11,22-23H,5-7,12-17H2,(H,28,33)(H,30,31). The number of likely N-dealkylation sites (tertiary alicyclic amines) is 1. The molecule has 2 fully saturated rings. The predicted molar refractivity (Wildman–Crippen MR) is 126 cm³/mol. The van der Waals surface area contributed by atoms with Gasteiger partial charge in [0.25, 0.3) is 0 Å². The number of carbonyl (C=O) groups excluding carboxylic acids is 2. The summed E-state index contributed by atoms with van der Waals surface area (Å²) < 4.78 is 5.57. The van der Waals surface area contributed by atoms with Gasteiger partial charge in [-0.1, -0.05) is 61.4 Å². The minimum Gasteiger partial charge on any atom is -0.481 e. The number of benzene rings is 2. The molecule has 2 N–H and O–H groups in total. The van der Waals surface area contributed by atoms with Gasteiger partial charge in [-0.15, -0.1) is 0 Å². The summed E-state index contributed by atoms with van der Waals surface area (Å²) in [4.78, 5) is 39.4. The fraction of sp³-hybridized carbons (Fsp3) is 0.444. The second-order valence-corrected chi connectivity index (χ2v) is 9.65. The third kappa shape index (κ3) is 4.04. The molecule has 34 heavy (non-hydrogen) atoms. The summed E-state index contributed by atoms with van der Waals surface area (Å²) in [5, 5.41) is 12.0. The van der Waals surface area contributed by atoms with E-state index in [1.165, 1.54) is 0 Å². The smallest absolute Gasteiger partial charge is 0.407 e. The molecule has 1 spiro atoms. The molecule has 5 rings (SSSR count). The molecule has 0 radical (unpaired) electrons. The third-order valence-corrected chi connectivity index (χ3v) is 7.71. The Balaban J connectivity index is 1.28. The number of rotatable bonds is 6. The number of ether oxygens (including phenoxy) is 1. The molecule has 1 atom stereocenters. The summed E-state index contributed by atoms with van der Waals surface area (Å²) in [5.74, 6) is -1.54. The summed E-state index contributed by atoms with van der Waals surface area (Å²) in [6, 6.07) is 15.0. The Morgan fingerprint density at radius 2 is 1.56 bits per heavy atom. The van der Waals surface area contributed by atoms with Gasteiger partial charge >= 0.3 is 12.1 Å². The molecule has 0 aromatic heterocycles. The van der Waals surface area contributed by atoms with Gasteiger partial charge < -0.3 is 20.1 Å². The highest BCUT2D eigenvalue weighted by Gasteiger charge is 2.47. The third-order valence-electron chi connectivity index (χ3n) is 7.71. The van der Waals surface area contributed by atoms with E-state index in [9.17, 15) is 19.5 Å². The van der Waals surface area contributed by atoms with E-state index in [4.69, 9.17) is 4.74 Å². The number of carboxylic acids is 1. The van der Waals surface area contributed by atoms with Crippen LogP contribution >= 0.6 is 0 Å². The van der Waals surface area contributed by atoms with Gasteiger partial charge in [0, 0.05) is 18.0 Å². The second kappa shape index (κ2) is 9.12. The van der Waals surface area contributed by atoms with E-state index < -0.39 is 24.5 Å². The van der Waals surface area contributed by atoms with Crippen molar-refractivity contribution in [2.75, 3.05) is 13.2 Å². The monoisotopic (exact) mass is 462 g/mol. The van der Waals surface area contributed by atoms with Crippen molar-refractivity contribution in [1.29, 1.82) is 0 Å². The molecule has 178 valence electrons. The number of hydrogen-bond donors (Lipinski definition) is 2. The summed E-state index contributed by atoms with van der Waals surface area (Å²) in [5.41, 5.74) is 4.27. The summed E-state index contributed by atoms with van der Waals surface area (Å²) in [6.07, 6.45) is 4.68. The first-order chi connectivity index (χ1) is 16.5. The molecule has 2 aliphatic carbocycles. The van der Waals surface area contributed by atoms with Crippen LogP contribution in [-0.2, 0) is 14.3 Å². The Labute approximate surface area is 199 Å². The van der Waals surface area contributed by atoms with Crippen LogP contribution < -0.4 is 5.32 Å². The first kappa shape index (κ1) is 22.4. The van der Waals surface area contributed by atoms with Gasteiger partial charge in [-0.3, -0.25) is 9.59 Å². The number of amides is 2. The Morgan fingerprint density at radius 1 is 0.971 bits per heavy atom. The molecule has 0 bridgehead atoms. The van der Waals surface area contributed by atoms with E-state index in [1.807, 2.05) is 41.3 Å². The van der Waals surface area contributed by atoms with Gasteiger partial charge in [0.2, 0.25) is 5.91 Å². The first-order valence-electron chi connectivity index (χ1n) is 12.1. The number of carboxylic acid groups (broad SMARTS) is 1. The first-order valence-corrected chi connectivity index (χ1v) is 12.1. The van der Waals surface area contributed by atoms with Crippen LogP contribution in [-0.4, -0.2) is 52.7 Å². The minimum absolute atomic E-state index is 0.105. The molecule has 7 heteroatoms. The van der Waals surface area contributed by atoms with Crippen molar-refractivity contribution in [2.45, 2.75) is 62.4 Å². The molecule has 2 aromatic rings. The SMILES string of the molecule is O=C(O)CC(NC(=O)OCC1c2ccccc2-c2ccccc21)C(=O)N1CCCC12CCCC2. The van der Waals surface area contributed by atoms with Crippen molar-refractivity contribution < 1.29 is 24.2 Å². The van der Waals surface area contributed by atoms with E-state index in [1.54, 1.807) is 0 Å². The van der Waals surface area contributed by atoms with Gasteiger partial charge in [-0.25, -0.2) is 4.79 Å².